The average molecular weight is 1040 g/mol. The van der Waals surface area contributed by atoms with Crippen LogP contribution >= 0.6 is 7.82 Å². The number of hydrogen-bond donors (Lipinski definition) is 0. The first-order valence-electron chi connectivity index (χ1n) is 29.6. The first-order chi connectivity index (χ1) is 35.6. The predicted octanol–water partition coefficient (Wildman–Crippen LogP) is 18.4. The van der Waals surface area contributed by atoms with Crippen LogP contribution in [-0.2, 0) is 27.9 Å². The van der Waals surface area contributed by atoms with Crippen molar-refractivity contribution in [3.05, 3.63) is 109 Å². The zero-order chi connectivity index (χ0) is 53.3. The van der Waals surface area contributed by atoms with Crippen LogP contribution in [0.5, 0.6) is 0 Å². The maximum absolute atomic E-state index is 12.8. The number of phosphoric acid groups is 1. The van der Waals surface area contributed by atoms with Crippen LogP contribution in [0.4, 0.5) is 0 Å². The van der Waals surface area contributed by atoms with Gasteiger partial charge in [-0.05, 0) is 103 Å². The van der Waals surface area contributed by atoms with Gasteiger partial charge in [0, 0.05) is 13.0 Å². The minimum absolute atomic E-state index is 0.0164. The summed E-state index contributed by atoms with van der Waals surface area (Å²) in [7, 11) is 1.33. The van der Waals surface area contributed by atoms with E-state index in [0.29, 0.717) is 17.6 Å². The van der Waals surface area contributed by atoms with E-state index in [9.17, 15) is 14.3 Å². The van der Waals surface area contributed by atoms with Gasteiger partial charge in [-0.2, -0.15) is 0 Å². The van der Waals surface area contributed by atoms with Crippen molar-refractivity contribution in [2.45, 2.75) is 238 Å². The number of hydrogen-bond acceptors (Lipinski definition) is 7. The molecule has 0 saturated carbocycles. The van der Waals surface area contributed by atoms with Crippen molar-refractivity contribution >= 4 is 13.8 Å². The van der Waals surface area contributed by atoms with Gasteiger partial charge in [0.15, 0.2) is 0 Å². The summed E-state index contributed by atoms with van der Waals surface area (Å²) in [5.41, 5.74) is 0. The molecule has 0 rings (SSSR count). The summed E-state index contributed by atoms with van der Waals surface area (Å²) >= 11 is 0. The lowest BCUT2D eigenvalue weighted by atomic mass is 10.1. The Morgan fingerprint density at radius 3 is 1.19 bits per heavy atom. The van der Waals surface area contributed by atoms with Crippen molar-refractivity contribution in [3.8, 4) is 0 Å². The standard InChI is InChI=1S/C64H112NO7P/c1-6-8-10-12-14-16-18-20-22-24-26-28-30-32-34-36-38-40-42-44-46-48-50-52-54-56-59-69-61-63(62-71-73(67,68)70-60-58-65(3,4)5)72-64(66)57-55-53-51-49-47-45-43-41-39-37-35-33-31-29-27-25-23-21-19-17-15-13-11-9-7-2/h9,11,15,17-18,20-21,23-24,26-27,29-30,32-33,35,39,41,63H,6-8,10,12-14,16,19,22,25,28,31,34,36-38,40,42-62H2,1-5H3/b11-9-,17-15-,20-18-,23-21-,26-24-,29-27-,32-30-,35-33-,41-39-. The Balaban J connectivity index is 4.14. The number of ether oxygens (including phenoxy) is 2. The number of esters is 1. The quantitative estimate of drug-likeness (QED) is 0.0197. The Kier molecular flexibility index (Phi) is 53.2. The second kappa shape index (κ2) is 55.4. The Hall–Kier alpha value is -2.84. The van der Waals surface area contributed by atoms with Crippen molar-refractivity contribution in [1.82, 2.24) is 0 Å². The number of rotatable bonds is 54. The molecule has 0 aliphatic heterocycles. The highest BCUT2D eigenvalue weighted by atomic mass is 31.2. The fourth-order valence-electron chi connectivity index (χ4n) is 7.79. The Morgan fingerprint density at radius 1 is 0.438 bits per heavy atom. The van der Waals surface area contributed by atoms with Gasteiger partial charge in [0.05, 0.1) is 34.4 Å². The normalized spacial score (nSPS) is 14.2. The molecule has 0 aliphatic carbocycles. The molecule has 0 bridgehead atoms. The lowest BCUT2D eigenvalue weighted by Crippen LogP contribution is -2.37. The molecule has 0 aromatic rings. The number of phosphoric ester groups is 1. The molecule has 0 heterocycles. The molecule has 0 N–H and O–H groups in total. The molecule has 0 fully saturated rings. The second-order valence-corrected chi connectivity index (χ2v) is 22.0. The number of nitrogens with zero attached hydrogens (tertiary/aromatic N) is 1. The van der Waals surface area contributed by atoms with Crippen LogP contribution in [0.3, 0.4) is 0 Å². The fourth-order valence-corrected chi connectivity index (χ4v) is 8.52. The summed E-state index contributed by atoms with van der Waals surface area (Å²) in [6, 6.07) is 0. The van der Waals surface area contributed by atoms with Crippen LogP contribution in [0.2, 0.25) is 0 Å². The number of allylic oxidation sites excluding steroid dienone is 18. The van der Waals surface area contributed by atoms with Gasteiger partial charge in [-0.25, -0.2) is 0 Å². The highest BCUT2D eigenvalue weighted by Crippen LogP contribution is 2.38. The Morgan fingerprint density at radius 2 is 0.795 bits per heavy atom. The topological polar surface area (TPSA) is 94.1 Å². The summed E-state index contributed by atoms with van der Waals surface area (Å²) in [5, 5.41) is 0. The van der Waals surface area contributed by atoms with Crippen LogP contribution < -0.4 is 4.89 Å². The molecule has 0 spiro atoms. The molecule has 0 amide bonds. The van der Waals surface area contributed by atoms with Crippen LogP contribution in [0.1, 0.15) is 232 Å². The van der Waals surface area contributed by atoms with Gasteiger partial charge in [0.2, 0.25) is 0 Å². The summed E-state index contributed by atoms with van der Waals surface area (Å²) in [6.45, 7) is 5.26. The summed E-state index contributed by atoms with van der Waals surface area (Å²) in [4.78, 5) is 25.3. The van der Waals surface area contributed by atoms with Gasteiger partial charge in [0.1, 0.15) is 19.3 Å². The molecule has 2 unspecified atom stereocenters. The molecule has 0 saturated heterocycles. The first-order valence-corrected chi connectivity index (χ1v) is 31.1. The summed E-state index contributed by atoms with van der Waals surface area (Å²) < 4.78 is 34.9. The number of likely N-dealkylation sites (N-methyl/N-ethyl adjacent to an activating group) is 1. The maximum Gasteiger partial charge on any atom is 0.306 e. The van der Waals surface area contributed by atoms with Crippen molar-refractivity contribution in [3.63, 3.8) is 0 Å². The molecular formula is C64H112NO7P. The van der Waals surface area contributed by atoms with Crippen LogP contribution in [0.15, 0.2) is 109 Å². The fraction of sp³-hybridized carbons (Fsp3) is 0.703. The summed E-state index contributed by atoms with van der Waals surface area (Å²) in [6.07, 6.45) is 78.4. The number of carbonyl (C=O) groups is 1. The van der Waals surface area contributed by atoms with Gasteiger partial charge >= 0.3 is 5.97 Å². The molecule has 73 heavy (non-hydrogen) atoms. The van der Waals surface area contributed by atoms with Crippen LogP contribution in [-0.4, -0.2) is 70.7 Å². The zero-order valence-corrected chi connectivity index (χ0v) is 48.7. The highest BCUT2D eigenvalue weighted by molar-refractivity contribution is 7.45. The van der Waals surface area contributed by atoms with Crippen molar-refractivity contribution < 1.29 is 37.3 Å². The van der Waals surface area contributed by atoms with Gasteiger partial charge in [-0.15, -0.1) is 0 Å². The first kappa shape index (κ1) is 70.2. The largest absolute Gasteiger partial charge is 0.756 e. The molecule has 420 valence electrons. The molecule has 0 aromatic heterocycles. The highest BCUT2D eigenvalue weighted by Gasteiger charge is 2.20. The second-order valence-electron chi connectivity index (χ2n) is 20.6. The van der Waals surface area contributed by atoms with E-state index in [1.807, 2.05) is 21.1 Å². The average Bonchev–Trinajstić information content (AvgIpc) is 3.35. The zero-order valence-electron chi connectivity index (χ0n) is 47.8. The number of unbranched alkanes of at least 4 members (excludes halogenated alkanes) is 22. The molecule has 0 aromatic carbocycles. The lowest BCUT2D eigenvalue weighted by Gasteiger charge is -2.28. The smallest absolute Gasteiger partial charge is 0.306 e. The van der Waals surface area contributed by atoms with E-state index in [4.69, 9.17) is 18.5 Å². The van der Waals surface area contributed by atoms with E-state index >= 15 is 0 Å². The van der Waals surface area contributed by atoms with Crippen LogP contribution in [0.25, 0.3) is 0 Å². The third-order valence-electron chi connectivity index (χ3n) is 12.3. The lowest BCUT2D eigenvalue weighted by molar-refractivity contribution is -0.870. The third-order valence-corrected chi connectivity index (χ3v) is 13.3. The number of quaternary nitrogens is 1. The molecule has 2 atom stereocenters. The minimum atomic E-state index is -4.55. The van der Waals surface area contributed by atoms with Crippen molar-refractivity contribution in [1.29, 1.82) is 0 Å². The van der Waals surface area contributed by atoms with E-state index in [1.54, 1.807) is 0 Å². The van der Waals surface area contributed by atoms with E-state index in [-0.39, 0.29) is 32.2 Å². The van der Waals surface area contributed by atoms with Gasteiger partial charge in [0.25, 0.3) is 7.82 Å². The van der Waals surface area contributed by atoms with Gasteiger partial charge < -0.3 is 27.9 Å². The van der Waals surface area contributed by atoms with Gasteiger partial charge in [-0.3, -0.25) is 9.36 Å². The third kappa shape index (κ3) is 59.9. The Labute approximate surface area is 450 Å². The van der Waals surface area contributed by atoms with Gasteiger partial charge in [-0.1, -0.05) is 232 Å². The molecule has 0 radical (unpaired) electrons. The van der Waals surface area contributed by atoms with Crippen LogP contribution in [0, 0.1) is 0 Å². The number of carbonyl (C=O) groups excluding carboxylic acids is 1. The van der Waals surface area contributed by atoms with E-state index in [0.717, 1.165) is 96.3 Å². The minimum Gasteiger partial charge on any atom is -0.756 e. The van der Waals surface area contributed by atoms with E-state index < -0.39 is 13.9 Å². The van der Waals surface area contributed by atoms with Crippen molar-refractivity contribution in [2.75, 3.05) is 54.1 Å². The maximum atomic E-state index is 12.8. The summed E-state index contributed by atoms with van der Waals surface area (Å²) in [5.74, 6) is -0.352. The SMILES string of the molecule is CC/C=C\C/C=C\C/C=C\C/C=C\C/C=C\C/C=C\CCCCCCCCC(=O)OC(COCCCCCCCCCCCCC/C=C\C/C=C\C/C=C\CCCCCCC)COP(=O)([O-])OCC[N+](C)(C)C. The van der Waals surface area contributed by atoms with Crippen molar-refractivity contribution in [2.24, 2.45) is 0 Å². The Bertz CT molecular complexity index is 1530. The molecule has 9 heteroatoms. The molecular weight excluding hydrogens is 926 g/mol. The van der Waals surface area contributed by atoms with E-state index in [2.05, 4.69) is 123 Å². The van der Waals surface area contributed by atoms with E-state index in [1.165, 1.54) is 116 Å². The monoisotopic (exact) mass is 1040 g/mol. The molecule has 0 aliphatic rings. The predicted molar refractivity (Wildman–Crippen MR) is 314 cm³/mol. The molecule has 8 nitrogen and oxygen atoms in total.